The first-order valence-electron chi connectivity index (χ1n) is 6.29. The highest BCUT2D eigenvalue weighted by atomic mass is 16.2. The minimum atomic E-state index is -0.0986. The van der Waals surface area contributed by atoms with Crippen LogP contribution in [0.25, 0.3) is 0 Å². The average molecular weight is 255 g/mol. The van der Waals surface area contributed by atoms with Gasteiger partial charge in [0.2, 0.25) is 11.8 Å². The first kappa shape index (κ1) is 14.6. The fraction of sp³-hybridized carbons (Fsp3) is 0.750. The first-order chi connectivity index (χ1) is 8.56. The largest absolute Gasteiger partial charge is 0.358 e. The Kier molecular flexibility index (Phi) is 5.77. The number of nitrogens with one attached hydrogen (secondary N) is 1. The molecule has 1 aliphatic rings. The molecule has 6 nitrogen and oxygen atoms in total. The number of amides is 2. The maximum absolute atomic E-state index is 12.0. The van der Waals surface area contributed by atoms with Crippen molar-refractivity contribution >= 4 is 17.6 Å². The lowest BCUT2D eigenvalue weighted by Crippen LogP contribution is -2.46. The van der Waals surface area contributed by atoms with Crippen LogP contribution in [0.3, 0.4) is 0 Å². The molecule has 1 saturated heterocycles. The Morgan fingerprint density at radius 1 is 1.28 bits per heavy atom. The summed E-state index contributed by atoms with van der Waals surface area (Å²) in [6.07, 6.45) is 0.903. The minimum Gasteiger partial charge on any atom is -0.358 e. The molecule has 2 amide bonds. The fourth-order valence-electron chi connectivity index (χ4n) is 1.86. The zero-order chi connectivity index (χ0) is 13.5. The molecule has 102 valence electrons. The van der Waals surface area contributed by atoms with Crippen LogP contribution in [0.4, 0.5) is 0 Å². The van der Waals surface area contributed by atoms with E-state index in [-0.39, 0.29) is 30.7 Å². The van der Waals surface area contributed by atoms with Crippen molar-refractivity contribution in [3.8, 4) is 0 Å². The first-order valence-corrected chi connectivity index (χ1v) is 6.29. The number of Topliss-reactive ketones (excluding diaryl/α,β-unsaturated/α-hetero) is 1. The van der Waals surface area contributed by atoms with Gasteiger partial charge in [0.25, 0.3) is 0 Å². The highest BCUT2D eigenvalue weighted by Gasteiger charge is 2.22. The summed E-state index contributed by atoms with van der Waals surface area (Å²) in [5, 5.41) is 2.54. The molecule has 0 bridgehead atoms. The van der Waals surface area contributed by atoms with Crippen molar-refractivity contribution in [2.24, 2.45) is 0 Å². The van der Waals surface area contributed by atoms with E-state index in [1.807, 2.05) is 6.92 Å². The fourth-order valence-corrected chi connectivity index (χ4v) is 1.86. The van der Waals surface area contributed by atoms with Crippen LogP contribution in [-0.4, -0.2) is 67.2 Å². The number of hydrogen-bond acceptors (Lipinski definition) is 4. The number of likely N-dealkylation sites (N-methyl/N-ethyl adjacent to an activating group) is 2. The predicted octanol–water partition coefficient (Wildman–Crippen LogP) is -0.754. The summed E-state index contributed by atoms with van der Waals surface area (Å²) < 4.78 is 0. The van der Waals surface area contributed by atoms with Gasteiger partial charge in [-0.25, -0.2) is 0 Å². The maximum Gasteiger partial charge on any atom is 0.236 e. The molecular formula is C12H21N3O3. The van der Waals surface area contributed by atoms with Crippen LogP contribution >= 0.6 is 0 Å². The van der Waals surface area contributed by atoms with Crippen LogP contribution in [0.2, 0.25) is 0 Å². The number of piperidine rings is 1. The van der Waals surface area contributed by atoms with E-state index in [1.54, 1.807) is 16.8 Å². The molecule has 0 aromatic carbocycles. The van der Waals surface area contributed by atoms with Gasteiger partial charge in [0.1, 0.15) is 5.78 Å². The second-order valence-electron chi connectivity index (χ2n) is 4.40. The zero-order valence-electron chi connectivity index (χ0n) is 11.1. The van der Waals surface area contributed by atoms with E-state index in [9.17, 15) is 14.4 Å². The van der Waals surface area contributed by atoms with E-state index >= 15 is 0 Å². The van der Waals surface area contributed by atoms with Crippen LogP contribution in [0.5, 0.6) is 0 Å². The van der Waals surface area contributed by atoms with Gasteiger partial charge >= 0.3 is 0 Å². The van der Waals surface area contributed by atoms with Gasteiger partial charge in [-0.1, -0.05) is 6.92 Å². The number of ketones is 1. The number of nitrogens with zero attached hydrogens (tertiary/aromatic N) is 2. The van der Waals surface area contributed by atoms with Gasteiger partial charge < -0.3 is 10.2 Å². The molecule has 1 heterocycles. The van der Waals surface area contributed by atoms with Crippen molar-refractivity contribution in [3.63, 3.8) is 0 Å². The van der Waals surface area contributed by atoms with E-state index in [0.717, 1.165) is 0 Å². The lowest BCUT2D eigenvalue weighted by molar-refractivity contribution is -0.135. The van der Waals surface area contributed by atoms with Gasteiger partial charge in [0, 0.05) is 33.0 Å². The van der Waals surface area contributed by atoms with Gasteiger partial charge in [-0.05, 0) is 6.54 Å². The van der Waals surface area contributed by atoms with Crippen LogP contribution in [-0.2, 0) is 14.4 Å². The summed E-state index contributed by atoms with van der Waals surface area (Å²) in [6.45, 7) is 4.04. The number of hydrogen-bond donors (Lipinski definition) is 1. The molecule has 0 atom stereocenters. The van der Waals surface area contributed by atoms with E-state index in [2.05, 4.69) is 5.32 Å². The van der Waals surface area contributed by atoms with Gasteiger partial charge in [-0.15, -0.1) is 0 Å². The predicted molar refractivity (Wildman–Crippen MR) is 67.0 cm³/mol. The summed E-state index contributed by atoms with van der Waals surface area (Å²) in [4.78, 5) is 37.8. The standard InChI is InChI=1S/C12H21N3O3/c1-3-14(8-11(17)13-2)9-12(18)15-6-4-10(16)5-7-15/h3-9H2,1-2H3,(H,13,17). The molecule has 1 N–H and O–H groups in total. The number of likely N-dealkylation sites (tertiary alicyclic amines) is 1. The molecular weight excluding hydrogens is 234 g/mol. The second-order valence-corrected chi connectivity index (χ2v) is 4.40. The highest BCUT2D eigenvalue weighted by Crippen LogP contribution is 2.06. The van der Waals surface area contributed by atoms with E-state index in [4.69, 9.17) is 0 Å². The second kappa shape index (κ2) is 7.10. The Hall–Kier alpha value is -1.43. The molecule has 1 rings (SSSR count). The van der Waals surface area contributed by atoms with E-state index < -0.39 is 0 Å². The Morgan fingerprint density at radius 2 is 1.89 bits per heavy atom. The average Bonchev–Trinajstić information content (AvgIpc) is 2.38. The third-order valence-corrected chi connectivity index (χ3v) is 3.13. The van der Waals surface area contributed by atoms with Gasteiger partial charge in [0.05, 0.1) is 13.1 Å². The van der Waals surface area contributed by atoms with Crippen LogP contribution < -0.4 is 5.32 Å². The number of carbonyl (C=O) groups is 3. The van der Waals surface area contributed by atoms with Crippen molar-refractivity contribution < 1.29 is 14.4 Å². The topological polar surface area (TPSA) is 69.7 Å². The van der Waals surface area contributed by atoms with Crippen molar-refractivity contribution in [3.05, 3.63) is 0 Å². The SMILES string of the molecule is CCN(CC(=O)NC)CC(=O)N1CCC(=O)CC1. The smallest absolute Gasteiger partial charge is 0.236 e. The highest BCUT2D eigenvalue weighted by molar-refractivity contribution is 5.84. The molecule has 0 unspecified atom stereocenters. The molecule has 0 aromatic rings. The molecule has 0 aromatic heterocycles. The van der Waals surface area contributed by atoms with Gasteiger partial charge in [0.15, 0.2) is 0 Å². The summed E-state index contributed by atoms with van der Waals surface area (Å²) in [7, 11) is 1.58. The maximum atomic E-state index is 12.0. The van der Waals surface area contributed by atoms with Gasteiger partial charge in [-0.3, -0.25) is 19.3 Å². The summed E-state index contributed by atoms with van der Waals surface area (Å²) in [6, 6.07) is 0. The molecule has 0 aliphatic carbocycles. The Bertz CT molecular complexity index is 321. The molecule has 18 heavy (non-hydrogen) atoms. The summed E-state index contributed by atoms with van der Waals surface area (Å²) in [5.74, 6) is 0.114. The molecule has 0 saturated carbocycles. The molecule has 0 radical (unpaired) electrons. The van der Waals surface area contributed by atoms with Crippen molar-refractivity contribution in [1.82, 2.24) is 15.1 Å². The Balaban J connectivity index is 2.41. The van der Waals surface area contributed by atoms with Crippen molar-refractivity contribution in [2.75, 3.05) is 39.8 Å². The van der Waals surface area contributed by atoms with Crippen LogP contribution in [0.1, 0.15) is 19.8 Å². The number of carbonyl (C=O) groups excluding carboxylic acids is 3. The lowest BCUT2D eigenvalue weighted by Gasteiger charge is -2.28. The molecule has 0 spiro atoms. The van der Waals surface area contributed by atoms with E-state index in [1.165, 1.54) is 0 Å². The minimum absolute atomic E-state index is 0.00625. The van der Waals surface area contributed by atoms with Crippen LogP contribution in [0, 0.1) is 0 Å². The third kappa shape index (κ3) is 4.44. The molecule has 6 heteroatoms. The van der Waals surface area contributed by atoms with Gasteiger partial charge in [-0.2, -0.15) is 0 Å². The quantitative estimate of drug-likeness (QED) is 0.701. The third-order valence-electron chi connectivity index (χ3n) is 3.13. The normalized spacial score (nSPS) is 15.9. The summed E-state index contributed by atoms with van der Waals surface area (Å²) >= 11 is 0. The van der Waals surface area contributed by atoms with Crippen molar-refractivity contribution in [2.45, 2.75) is 19.8 Å². The molecule has 1 aliphatic heterocycles. The number of rotatable bonds is 5. The summed E-state index contributed by atoms with van der Waals surface area (Å²) in [5.41, 5.74) is 0. The van der Waals surface area contributed by atoms with Crippen LogP contribution in [0.15, 0.2) is 0 Å². The Morgan fingerprint density at radius 3 is 2.39 bits per heavy atom. The monoisotopic (exact) mass is 255 g/mol. The Labute approximate surface area is 107 Å². The van der Waals surface area contributed by atoms with E-state index in [0.29, 0.717) is 32.5 Å². The van der Waals surface area contributed by atoms with Crippen molar-refractivity contribution in [1.29, 1.82) is 0 Å². The zero-order valence-corrected chi connectivity index (χ0v) is 11.1. The lowest BCUT2D eigenvalue weighted by atomic mass is 10.1. The molecule has 1 fully saturated rings.